The minimum atomic E-state index is -0.393. The van der Waals surface area contributed by atoms with Crippen LogP contribution in [0, 0.1) is 5.92 Å². The van der Waals surface area contributed by atoms with Gasteiger partial charge >= 0.3 is 21.7 Å². The second kappa shape index (κ2) is 20.6. The van der Waals surface area contributed by atoms with Crippen molar-refractivity contribution in [1.29, 1.82) is 0 Å². The van der Waals surface area contributed by atoms with Gasteiger partial charge in [-0.2, -0.15) is 0 Å². The number of amides is 1. The molecule has 2 radical (unpaired) electrons. The summed E-state index contributed by atoms with van der Waals surface area (Å²) in [5, 5.41) is 8.19. The maximum atomic E-state index is 10.5. The van der Waals surface area contributed by atoms with Gasteiger partial charge in [0, 0.05) is 0 Å². The van der Waals surface area contributed by atoms with Gasteiger partial charge in [0.2, 0.25) is 0 Å². The summed E-state index contributed by atoms with van der Waals surface area (Å²) in [6.07, 6.45) is 3.91. The predicted molar refractivity (Wildman–Crippen MR) is 158 cm³/mol. The molecule has 5 aromatic rings. The molecule has 5 aromatic carbocycles. The van der Waals surface area contributed by atoms with E-state index in [-0.39, 0.29) is 52.4 Å². The Morgan fingerprint density at radius 1 is 0.718 bits per heavy atom. The first-order chi connectivity index (χ1) is 17.6. The number of nitrogens with one attached hydrogen (secondary N) is 1. The molecule has 5 rings (SSSR count). The molecule has 0 aliphatic rings. The summed E-state index contributed by atoms with van der Waals surface area (Å²) in [4.78, 5) is 10.5. The third kappa shape index (κ3) is 12.2. The Balaban J connectivity index is 0.000000542. The number of hydrogen-bond acceptors (Lipinski definition) is 1. The fourth-order valence-corrected chi connectivity index (χ4v) is 5.14. The first-order valence-electron chi connectivity index (χ1n) is 12.8. The zero-order valence-corrected chi connectivity index (χ0v) is 26.6. The van der Waals surface area contributed by atoms with Crippen molar-refractivity contribution in [2.24, 2.45) is 5.92 Å². The van der Waals surface area contributed by atoms with Crippen LogP contribution in [0.15, 0.2) is 115 Å². The van der Waals surface area contributed by atoms with Crippen molar-refractivity contribution in [3.05, 3.63) is 121 Å². The number of carbonyl (C=O) groups excluding carboxylic acids is 1. The number of carbonyl (C=O) groups is 1. The van der Waals surface area contributed by atoms with E-state index in [1.165, 1.54) is 31.9 Å². The Bertz CT molecular complexity index is 1240. The maximum Gasteiger partial charge on any atom is 4.00 e. The van der Waals surface area contributed by atoms with Crippen molar-refractivity contribution in [2.75, 3.05) is 0 Å². The molecular formula is C33H35Cl2NOSiTi. The Hall–Kier alpha value is -2.27. The van der Waals surface area contributed by atoms with Gasteiger partial charge in [-0.05, 0) is 18.8 Å². The molecule has 0 spiro atoms. The fourth-order valence-electron chi connectivity index (χ4n) is 4.08. The first-order valence-corrected chi connectivity index (χ1v) is 13.8. The minimum absolute atomic E-state index is 0. The van der Waals surface area contributed by atoms with E-state index in [9.17, 15) is 4.79 Å². The third-order valence-corrected chi connectivity index (χ3v) is 7.37. The smallest absolute Gasteiger partial charge is 1.00 e. The average molecular weight is 609 g/mol. The third-order valence-electron chi connectivity index (χ3n) is 6.13. The monoisotopic (exact) mass is 607 g/mol. The molecule has 1 N–H and O–H groups in total. The van der Waals surface area contributed by atoms with Gasteiger partial charge in [0.1, 0.15) is 9.52 Å². The van der Waals surface area contributed by atoms with Crippen LogP contribution in [0.3, 0.4) is 0 Å². The second-order valence-corrected chi connectivity index (χ2v) is 10.2. The van der Waals surface area contributed by atoms with Gasteiger partial charge in [0.25, 0.3) is 0 Å². The van der Waals surface area contributed by atoms with Crippen molar-refractivity contribution in [1.82, 2.24) is 0 Å². The van der Waals surface area contributed by atoms with Gasteiger partial charge in [0.05, 0.1) is 5.91 Å². The molecule has 0 aliphatic carbocycles. The molecule has 0 aliphatic heterocycles. The number of unbranched alkanes of at least 4 members (excludes halogenated alkanes) is 1. The van der Waals surface area contributed by atoms with Crippen LogP contribution in [0.25, 0.3) is 27.3 Å². The van der Waals surface area contributed by atoms with Crippen LogP contribution in [0.5, 0.6) is 0 Å². The van der Waals surface area contributed by atoms with Crippen LogP contribution in [-0.4, -0.2) is 15.4 Å². The van der Waals surface area contributed by atoms with E-state index in [1.54, 1.807) is 0 Å². The number of rotatable bonds is 7. The average Bonchev–Trinajstić information content (AvgIpc) is 3.30. The van der Waals surface area contributed by atoms with Gasteiger partial charge in [-0.15, -0.1) is 39.7 Å². The minimum Gasteiger partial charge on any atom is -1.00 e. The van der Waals surface area contributed by atoms with Crippen LogP contribution in [0.2, 0.25) is 0 Å². The molecule has 39 heavy (non-hydrogen) atoms. The Morgan fingerprint density at radius 2 is 1.13 bits per heavy atom. The Morgan fingerprint density at radius 3 is 1.51 bits per heavy atom. The van der Waals surface area contributed by atoms with E-state index in [4.69, 9.17) is 5.73 Å². The van der Waals surface area contributed by atoms with E-state index in [0.717, 1.165) is 35.2 Å². The molecule has 2 nitrogen and oxygen atoms in total. The summed E-state index contributed by atoms with van der Waals surface area (Å²) >= 11 is 0. The van der Waals surface area contributed by atoms with Gasteiger partial charge in [-0.3, -0.25) is 0 Å². The van der Waals surface area contributed by atoms with Crippen molar-refractivity contribution < 1.29 is 51.3 Å². The van der Waals surface area contributed by atoms with Crippen molar-refractivity contribution >= 4 is 47.3 Å². The van der Waals surface area contributed by atoms with Crippen LogP contribution >= 0.6 is 0 Å². The fraction of sp³-hybridized carbons (Fsp3) is 0.212. The van der Waals surface area contributed by atoms with Gasteiger partial charge in [-0.1, -0.05) is 134 Å². The second-order valence-electron chi connectivity index (χ2n) is 8.79. The predicted octanol–water partition coefficient (Wildman–Crippen LogP) is 1.84. The normalized spacial score (nSPS) is 10.3. The van der Waals surface area contributed by atoms with Crippen molar-refractivity contribution in [3.63, 3.8) is 0 Å². The zero-order valence-electron chi connectivity index (χ0n) is 22.5. The SMILES string of the molecule is CCCCC(CC)C([NH-])=O.[Cl-].[Cl-].[Ti+4].c1ccc([Si]c2ccccc2)cc1.c1ccc2c(c1)[cH-]c1ccccc12. The summed E-state index contributed by atoms with van der Waals surface area (Å²) in [5.41, 5.74) is 6.87. The van der Waals surface area contributed by atoms with Crippen LogP contribution in [-0.2, 0) is 26.5 Å². The molecule has 0 fully saturated rings. The largest absolute Gasteiger partial charge is 4.00 e. The molecule has 0 saturated heterocycles. The first kappa shape index (κ1) is 36.7. The quantitative estimate of drug-likeness (QED) is 0.206. The number of fused-ring (bicyclic) bond motifs is 3. The zero-order chi connectivity index (χ0) is 25.6. The summed E-state index contributed by atoms with van der Waals surface area (Å²) in [6.45, 7) is 4.06. The summed E-state index contributed by atoms with van der Waals surface area (Å²) in [5.74, 6) is -0.393. The van der Waals surface area contributed by atoms with Gasteiger partial charge in [0.15, 0.2) is 0 Å². The van der Waals surface area contributed by atoms with Crippen molar-refractivity contribution in [2.45, 2.75) is 39.5 Å². The standard InChI is InChI=1S/C13H9.C12H10Si.C8H17NO.2ClH.Ti/c1-3-7-12-10(5-1)9-11-6-2-4-8-13(11)12;1-3-7-11(8-4-1)13-12-9-5-2-6-10-12;1-3-5-6-7(4-2)8(9)10;;;/h1-9H;1-10H;7H,3-6H2,1-2H3,(H2,9,10);2*1H;/q-1;;;;;+4/p-3. The van der Waals surface area contributed by atoms with E-state index in [1.807, 2.05) is 6.92 Å². The van der Waals surface area contributed by atoms with E-state index < -0.39 is 5.91 Å². The molecule has 1 unspecified atom stereocenters. The van der Waals surface area contributed by atoms with Crippen molar-refractivity contribution in [3.8, 4) is 0 Å². The van der Waals surface area contributed by atoms with Crippen LogP contribution in [0.1, 0.15) is 39.5 Å². The summed E-state index contributed by atoms with van der Waals surface area (Å²) in [7, 11) is 0.777. The molecular weight excluding hydrogens is 573 g/mol. The van der Waals surface area contributed by atoms with E-state index >= 15 is 0 Å². The number of hydrogen-bond donors (Lipinski definition) is 0. The molecule has 1 atom stereocenters. The number of halogens is 2. The van der Waals surface area contributed by atoms with E-state index in [2.05, 4.69) is 122 Å². The van der Waals surface area contributed by atoms with Crippen LogP contribution < -0.4 is 35.2 Å². The summed E-state index contributed by atoms with van der Waals surface area (Å²) in [6, 6.07) is 40.4. The van der Waals surface area contributed by atoms with Crippen LogP contribution in [0.4, 0.5) is 0 Å². The van der Waals surface area contributed by atoms with Gasteiger partial charge in [-0.25, -0.2) is 0 Å². The summed E-state index contributed by atoms with van der Waals surface area (Å²) < 4.78 is 0. The molecule has 0 saturated carbocycles. The molecule has 6 heteroatoms. The molecule has 0 aromatic heterocycles. The topological polar surface area (TPSA) is 40.9 Å². The molecule has 0 heterocycles. The molecule has 0 bridgehead atoms. The molecule has 1 amide bonds. The maximum absolute atomic E-state index is 10.5. The number of benzene rings is 4. The Kier molecular flexibility index (Phi) is 19.4. The van der Waals surface area contributed by atoms with E-state index in [0.29, 0.717) is 0 Å². The Labute approximate surface area is 263 Å². The van der Waals surface area contributed by atoms with Gasteiger partial charge < -0.3 is 35.3 Å². The molecule has 200 valence electrons.